The molecule has 3 aromatic rings. The van der Waals surface area contributed by atoms with Gasteiger partial charge in [0.05, 0.1) is 0 Å². The SMILES string of the molecule is O=C(Nc1ccccc1)c1ccc2sccc2c1. The highest BCUT2D eigenvalue weighted by Gasteiger charge is 2.06. The van der Waals surface area contributed by atoms with Crippen molar-refractivity contribution in [1.82, 2.24) is 0 Å². The van der Waals surface area contributed by atoms with E-state index in [1.165, 1.54) is 4.70 Å². The van der Waals surface area contributed by atoms with Crippen LogP contribution in [-0.2, 0) is 0 Å². The molecule has 88 valence electrons. The number of carbonyl (C=O) groups excluding carboxylic acids is 1. The van der Waals surface area contributed by atoms with Crippen molar-refractivity contribution in [2.75, 3.05) is 5.32 Å². The number of anilines is 1. The molecular weight excluding hydrogens is 242 g/mol. The van der Waals surface area contributed by atoms with Gasteiger partial charge >= 0.3 is 0 Å². The van der Waals surface area contributed by atoms with E-state index in [1.807, 2.05) is 60.0 Å². The van der Waals surface area contributed by atoms with Crippen molar-refractivity contribution >= 4 is 33.0 Å². The Labute approximate surface area is 109 Å². The predicted molar refractivity (Wildman–Crippen MR) is 76.2 cm³/mol. The summed E-state index contributed by atoms with van der Waals surface area (Å²) in [6.45, 7) is 0. The number of hydrogen-bond donors (Lipinski definition) is 1. The number of amides is 1. The van der Waals surface area contributed by atoms with Gasteiger partial charge in [-0.25, -0.2) is 0 Å². The van der Waals surface area contributed by atoms with E-state index in [-0.39, 0.29) is 5.91 Å². The lowest BCUT2D eigenvalue weighted by atomic mass is 10.1. The van der Waals surface area contributed by atoms with Crippen LogP contribution in [0, 0.1) is 0 Å². The molecule has 1 heterocycles. The van der Waals surface area contributed by atoms with Gasteiger partial charge in [-0.3, -0.25) is 4.79 Å². The normalized spacial score (nSPS) is 10.4. The molecule has 0 saturated heterocycles. The summed E-state index contributed by atoms with van der Waals surface area (Å²) in [4.78, 5) is 12.1. The highest BCUT2D eigenvalue weighted by atomic mass is 32.1. The van der Waals surface area contributed by atoms with E-state index in [2.05, 4.69) is 5.32 Å². The molecule has 0 fully saturated rings. The summed E-state index contributed by atoms with van der Waals surface area (Å²) in [6, 6.07) is 17.3. The number of carbonyl (C=O) groups is 1. The van der Waals surface area contributed by atoms with Crippen LogP contribution >= 0.6 is 11.3 Å². The Bertz CT molecular complexity index is 688. The quantitative estimate of drug-likeness (QED) is 0.730. The van der Waals surface area contributed by atoms with E-state index < -0.39 is 0 Å². The summed E-state index contributed by atoms with van der Waals surface area (Å²) in [5.41, 5.74) is 1.50. The van der Waals surface area contributed by atoms with Gasteiger partial charge in [0.15, 0.2) is 0 Å². The van der Waals surface area contributed by atoms with Gasteiger partial charge < -0.3 is 5.32 Å². The molecule has 2 nitrogen and oxygen atoms in total. The Morgan fingerprint density at radius 3 is 2.67 bits per heavy atom. The first-order valence-electron chi connectivity index (χ1n) is 5.66. The van der Waals surface area contributed by atoms with Crippen LogP contribution in [0.25, 0.3) is 10.1 Å². The highest BCUT2D eigenvalue weighted by Crippen LogP contribution is 2.22. The van der Waals surface area contributed by atoms with Crippen LogP contribution in [0.5, 0.6) is 0 Å². The molecule has 0 unspecified atom stereocenters. The minimum atomic E-state index is -0.0747. The minimum absolute atomic E-state index is 0.0747. The van der Waals surface area contributed by atoms with Gasteiger partial charge in [0, 0.05) is 16.0 Å². The Morgan fingerprint density at radius 2 is 1.83 bits per heavy atom. The molecule has 0 aliphatic heterocycles. The minimum Gasteiger partial charge on any atom is -0.322 e. The average molecular weight is 253 g/mol. The fraction of sp³-hybridized carbons (Fsp3) is 0. The van der Waals surface area contributed by atoms with Gasteiger partial charge in [-0.15, -0.1) is 11.3 Å². The maximum Gasteiger partial charge on any atom is 0.255 e. The fourth-order valence-electron chi connectivity index (χ4n) is 1.83. The van der Waals surface area contributed by atoms with Gasteiger partial charge in [-0.05, 0) is 47.2 Å². The molecule has 1 N–H and O–H groups in total. The molecule has 3 heteroatoms. The first-order chi connectivity index (χ1) is 8.83. The zero-order valence-corrected chi connectivity index (χ0v) is 10.4. The van der Waals surface area contributed by atoms with Gasteiger partial charge in [0.25, 0.3) is 5.91 Å². The second-order valence-corrected chi connectivity index (χ2v) is 4.94. The number of hydrogen-bond acceptors (Lipinski definition) is 2. The monoisotopic (exact) mass is 253 g/mol. The smallest absolute Gasteiger partial charge is 0.255 e. The van der Waals surface area contributed by atoms with Crippen molar-refractivity contribution in [2.45, 2.75) is 0 Å². The van der Waals surface area contributed by atoms with E-state index in [1.54, 1.807) is 11.3 Å². The average Bonchev–Trinajstić information content (AvgIpc) is 2.87. The van der Waals surface area contributed by atoms with Crippen LogP contribution in [-0.4, -0.2) is 5.91 Å². The summed E-state index contributed by atoms with van der Waals surface area (Å²) in [6.07, 6.45) is 0. The zero-order chi connectivity index (χ0) is 12.4. The number of para-hydroxylation sites is 1. The van der Waals surface area contributed by atoms with Crippen LogP contribution in [0.1, 0.15) is 10.4 Å². The van der Waals surface area contributed by atoms with Gasteiger partial charge in [-0.1, -0.05) is 18.2 Å². The van der Waals surface area contributed by atoms with E-state index in [0.717, 1.165) is 11.1 Å². The van der Waals surface area contributed by atoms with E-state index in [0.29, 0.717) is 5.56 Å². The maximum atomic E-state index is 12.1. The lowest BCUT2D eigenvalue weighted by Gasteiger charge is -2.04. The second kappa shape index (κ2) is 4.63. The van der Waals surface area contributed by atoms with Crippen LogP contribution < -0.4 is 5.32 Å². The maximum absolute atomic E-state index is 12.1. The number of rotatable bonds is 2. The third-order valence-corrected chi connectivity index (χ3v) is 3.64. The summed E-state index contributed by atoms with van der Waals surface area (Å²) in [7, 11) is 0. The second-order valence-electron chi connectivity index (χ2n) is 3.99. The fourth-order valence-corrected chi connectivity index (χ4v) is 2.60. The largest absolute Gasteiger partial charge is 0.322 e. The molecule has 18 heavy (non-hydrogen) atoms. The highest BCUT2D eigenvalue weighted by molar-refractivity contribution is 7.17. The first kappa shape index (κ1) is 11.0. The summed E-state index contributed by atoms with van der Waals surface area (Å²) < 4.78 is 1.20. The number of benzene rings is 2. The molecule has 1 aromatic heterocycles. The van der Waals surface area contributed by atoms with Crippen molar-refractivity contribution in [3.05, 3.63) is 65.5 Å². The molecule has 0 bridgehead atoms. The summed E-state index contributed by atoms with van der Waals surface area (Å²) in [5, 5.41) is 6.02. The number of thiophene rings is 1. The van der Waals surface area contributed by atoms with Crippen LogP contribution in [0.2, 0.25) is 0 Å². The van der Waals surface area contributed by atoms with Crippen LogP contribution in [0.15, 0.2) is 60.0 Å². The lowest BCUT2D eigenvalue weighted by Crippen LogP contribution is -2.11. The van der Waals surface area contributed by atoms with Crippen molar-refractivity contribution in [3.8, 4) is 0 Å². The van der Waals surface area contributed by atoms with Crippen molar-refractivity contribution in [1.29, 1.82) is 0 Å². The molecule has 0 atom stereocenters. The van der Waals surface area contributed by atoms with Crippen molar-refractivity contribution in [3.63, 3.8) is 0 Å². The Hall–Kier alpha value is -2.13. The summed E-state index contributed by atoms with van der Waals surface area (Å²) in [5.74, 6) is -0.0747. The van der Waals surface area contributed by atoms with Gasteiger partial charge in [0.2, 0.25) is 0 Å². The summed E-state index contributed by atoms with van der Waals surface area (Å²) >= 11 is 1.68. The molecule has 0 radical (unpaired) electrons. The molecule has 0 aliphatic rings. The van der Waals surface area contributed by atoms with E-state index in [4.69, 9.17) is 0 Å². The molecule has 0 spiro atoms. The zero-order valence-electron chi connectivity index (χ0n) is 9.59. The molecule has 2 aromatic carbocycles. The third kappa shape index (κ3) is 2.13. The molecule has 0 saturated carbocycles. The van der Waals surface area contributed by atoms with Gasteiger partial charge in [0.1, 0.15) is 0 Å². The number of fused-ring (bicyclic) bond motifs is 1. The molecule has 1 amide bonds. The lowest BCUT2D eigenvalue weighted by molar-refractivity contribution is 0.102. The Kier molecular flexibility index (Phi) is 2.82. The van der Waals surface area contributed by atoms with Crippen LogP contribution in [0.4, 0.5) is 5.69 Å². The topological polar surface area (TPSA) is 29.1 Å². The number of nitrogens with one attached hydrogen (secondary N) is 1. The Balaban J connectivity index is 1.87. The third-order valence-electron chi connectivity index (χ3n) is 2.75. The standard InChI is InChI=1S/C15H11NOS/c17-15(16-13-4-2-1-3-5-13)12-6-7-14-11(10-12)8-9-18-14/h1-10H,(H,16,17). The van der Waals surface area contributed by atoms with Crippen LogP contribution in [0.3, 0.4) is 0 Å². The van der Waals surface area contributed by atoms with Gasteiger partial charge in [-0.2, -0.15) is 0 Å². The van der Waals surface area contributed by atoms with E-state index >= 15 is 0 Å². The predicted octanol–water partition coefficient (Wildman–Crippen LogP) is 4.15. The first-order valence-corrected chi connectivity index (χ1v) is 6.54. The van der Waals surface area contributed by atoms with E-state index in [9.17, 15) is 4.79 Å². The molecule has 3 rings (SSSR count). The van der Waals surface area contributed by atoms with Crippen molar-refractivity contribution < 1.29 is 4.79 Å². The molecule has 0 aliphatic carbocycles. The Morgan fingerprint density at radius 1 is 1.00 bits per heavy atom. The molecular formula is C15H11NOS. The van der Waals surface area contributed by atoms with Crippen molar-refractivity contribution in [2.24, 2.45) is 0 Å².